The van der Waals surface area contributed by atoms with Crippen molar-refractivity contribution < 1.29 is 4.79 Å². The van der Waals surface area contributed by atoms with Gasteiger partial charge in [-0.15, -0.1) is 0 Å². The van der Waals surface area contributed by atoms with Crippen LogP contribution in [0.5, 0.6) is 0 Å². The lowest BCUT2D eigenvalue weighted by atomic mass is 10.1. The van der Waals surface area contributed by atoms with Crippen molar-refractivity contribution in [2.45, 2.75) is 25.8 Å². The van der Waals surface area contributed by atoms with E-state index in [1.807, 2.05) is 61.5 Å². The van der Waals surface area contributed by atoms with E-state index in [9.17, 15) is 4.79 Å². The lowest BCUT2D eigenvalue weighted by Gasteiger charge is -2.14. The van der Waals surface area contributed by atoms with Crippen molar-refractivity contribution in [3.63, 3.8) is 0 Å². The van der Waals surface area contributed by atoms with E-state index in [1.54, 1.807) is 16.7 Å². The number of hydrogen-bond acceptors (Lipinski definition) is 4. The van der Waals surface area contributed by atoms with E-state index >= 15 is 0 Å². The number of para-hydroxylation sites is 2. The number of carbonyl (C=O) groups excluding carboxylic acids is 1. The average molecular weight is 470 g/mol. The van der Waals surface area contributed by atoms with Crippen LogP contribution in [0.2, 0.25) is 5.02 Å². The number of halogens is 1. The summed E-state index contributed by atoms with van der Waals surface area (Å²) in [5.41, 5.74) is 11.2. The number of fused-ring (bicyclic) bond motifs is 2. The summed E-state index contributed by atoms with van der Waals surface area (Å²) in [4.78, 5) is 23.0. The summed E-state index contributed by atoms with van der Waals surface area (Å²) < 4.78 is 1.74. The predicted molar refractivity (Wildman–Crippen MR) is 137 cm³/mol. The molecule has 0 saturated carbocycles. The zero-order valence-corrected chi connectivity index (χ0v) is 19.5. The minimum Gasteiger partial charge on any atom is -0.384 e. The summed E-state index contributed by atoms with van der Waals surface area (Å²) >= 11 is 6.25. The lowest BCUT2D eigenvalue weighted by molar-refractivity contribution is 0.0941. The Labute approximate surface area is 202 Å². The maximum absolute atomic E-state index is 13.5. The topological polar surface area (TPSA) is 85.8 Å². The molecule has 0 aliphatic heterocycles. The van der Waals surface area contributed by atoms with Crippen molar-refractivity contribution in [1.29, 1.82) is 0 Å². The minimum absolute atomic E-state index is 0.0508. The van der Waals surface area contributed by atoms with Crippen LogP contribution in [-0.2, 0) is 6.42 Å². The van der Waals surface area contributed by atoms with E-state index in [4.69, 9.17) is 27.3 Å². The fraction of sp³-hybridized carbons (Fsp3) is 0.148. The second kappa shape index (κ2) is 9.15. The van der Waals surface area contributed by atoms with Gasteiger partial charge in [-0.25, -0.2) is 9.97 Å². The molecule has 1 atom stereocenters. The van der Waals surface area contributed by atoms with E-state index in [1.165, 1.54) is 5.56 Å². The second-order valence-corrected chi connectivity index (χ2v) is 8.80. The Bertz CT molecular complexity index is 1500. The lowest BCUT2D eigenvalue weighted by Crippen LogP contribution is -2.33. The van der Waals surface area contributed by atoms with Crippen molar-refractivity contribution in [3.05, 3.63) is 95.0 Å². The first-order chi connectivity index (χ1) is 16.5. The van der Waals surface area contributed by atoms with Crippen molar-refractivity contribution in [3.8, 4) is 5.69 Å². The highest BCUT2D eigenvalue weighted by Gasteiger charge is 2.25. The van der Waals surface area contributed by atoms with Crippen LogP contribution in [-0.4, -0.2) is 26.5 Å². The zero-order chi connectivity index (χ0) is 23.7. The van der Waals surface area contributed by atoms with Crippen molar-refractivity contribution in [2.75, 3.05) is 5.73 Å². The number of benzene rings is 3. The third-order valence-corrected chi connectivity index (χ3v) is 6.11. The monoisotopic (exact) mass is 469 g/mol. The van der Waals surface area contributed by atoms with Gasteiger partial charge in [0.25, 0.3) is 5.91 Å². The van der Waals surface area contributed by atoms with E-state index < -0.39 is 0 Å². The molecular formula is C27H24ClN5O. The number of nitrogen functional groups attached to an aromatic ring is 1. The molecule has 0 unspecified atom stereocenters. The first-order valence-corrected chi connectivity index (χ1v) is 11.6. The van der Waals surface area contributed by atoms with Gasteiger partial charge in [0.15, 0.2) is 5.65 Å². The molecule has 0 aliphatic rings. The van der Waals surface area contributed by atoms with Crippen LogP contribution in [0.1, 0.15) is 29.3 Å². The van der Waals surface area contributed by atoms with Gasteiger partial charge in [0.2, 0.25) is 0 Å². The van der Waals surface area contributed by atoms with Gasteiger partial charge in [0, 0.05) is 11.1 Å². The first kappa shape index (κ1) is 21.9. The summed E-state index contributed by atoms with van der Waals surface area (Å²) in [6, 6.07) is 25.0. The van der Waals surface area contributed by atoms with Crippen LogP contribution in [0, 0.1) is 0 Å². The normalized spacial score (nSPS) is 12.2. The van der Waals surface area contributed by atoms with Crippen molar-refractivity contribution >= 4 is 45.5 Å². The molecule has 7 heteroatoms. The molecule has 1 amide bonds. The number of nitrogens with two attached hydrogens (primary N) is 1. The number of nitrogens with zero attached hydrogens (tertiary/aromatic N) is 3. The molecule has 0 fully saturated rings. The zero-order valence-electron chi connectivity index (χ0n) is 18.7. The largest absolute Gasteiger partial charge is 0.384 e. The number of rotatable bonds is 6. The van der Waals surface area contributed by atoms with E-state index in [0.717, 1.165) is 24.0 Å². The van der Waals surface area contributed by atoms with Crippen LogP contribution in [0.4, 0.5) is 5.82 Å². The Kier molecular flexibility index (Phi) is 5.90. The number of carbonyl (C=O) groups is 1. The highest BCUT2D eigenvalue weighted by atomic mass is 35.5. The molecule has 5 rings (SSSR count). The molecule has 0 saturated heterocycles. The molecule has 0 spiro atoms. The molecular weight excluding hydrogens is 446 g/mol. The Hall–Kier alpha value is -3.90. The van der Waals surface area contributed by atoms with Gasteiger partial charge < -0.3 is 11.1 Å². The molecule has 2 heterocycles. The fourth-order valence-electron chi connectivity index (χ4n) is 4.16. The number of hydrogen-bond donors (Lipinski definition) is 2. The quantitative estimate of drug-likeness (QED) is 0.341. The van der Waals surface area contributed by atoms with Crippen LogP contribution >= 0.6 is 11.6 Å². The van der Waals surface area contributed by atoms with E-state index in [0.29, 0.717) is 27.3 Å². The van der Waals surface area contributed by atoms with Crippen LogP contribution < -0.4 is 11.1 Å². The fourth-order valence-corrected chi connectivity index (χ4v) is 4.34. The molecule has 170 valence electrons. The summed E-state index contributed by atoms with van der Waals surface area (Å²) in [5.74, 6) is 0.00810. The Morgan fingerprint density at radius 3 is 2.44 bits per heavy atom. The van der Waals surface area contributed by atoms with Gasteiger partial charge in [-0.2, -0.15) is 0 Å². The molecule has 3 N–H and O–H groups in total. The Morgan fingerprint density at radius 1 is 1.00 bits per heavy atom. The molecule has 2 aromatic heterocycles. The number of aryl methyl sites for hydroxylation is 1. The molecule has 5 aromatic rings. The van der Waals surface area contributed by atoms with Crippen LogP contribution in [0.25, 0.3) is 27.9 Å². The number of amides is 1. The van der Waals surface area contributed by atoms with E-state index in [2.05, 4.69) is 17.4 Å². The van der Waals surface area contributed by atoms with Gasteiger partial charge in [0.05, 0.1) is 16.7 Å². The molecule has 0 bridgehead atoms. The minimum atomic E-state index is -0.270. The third-order valence-electron chi connectivity index (χ3n) is 5.88. The van der Waals surface area contributed by atoms with Gasteiger partial charge in [0.1, 0.15) is 16.9 Å². The van der Waals surface area contributed by atoms with Crippen molar-refractivity contribution in [2.24, 2.45) is 0 Å². The van der Waals surface area contributed by atoms with E-state index in [-0.39, 0.29) is 17.8 Å². The average Bonchev–Trinajstić information content (AvgIpc) is 3.12. The molecule has 0 radical (unpaired) electrons. The van der Waals surface area contributed by atoms with Gasteiger partial charge in [-0.3, -0.25) is 9.36 Å². The van der Waals surface area contributed by atoms with Gasteiger partial charge in [-0.05, 0) is 55.7 Å². The summed E-state index contributed by atoms with van der Waals surface area (Å²) in [6.07, 6.45) is 1.67. The summed E-state index contributed by atoms with van der Waals surface area (Å²) in [7, 11) is 0. The van der Waals surface area contributed by atoms with Crippen molar-refractivity contribution in [1.82, 2.24) is 19.9 Å². The molecule has 34 heavy (non-hydrogen) atoms. The smallest absolute Gasteiger partial charge is 0.257 e. The number of aromatic nitrogens is 3. The Balaban J connectivity index is 1.55. The SMILES string of the molecule is C[C@@H](CCc1ccccc1)NC(=O)c1c(N)n(-c2cccc(Cl)c2)c2nc3ccccc3nc12. The second-order valence-electron chi connectivity index (χ2n) is 8.36. The maximum atomic E-state index is 13.5. The molecule has 6 nitrogen and oxygen atoms in total. The number of nitrogens with one attached hydrogen (secondary N) is 1. The summed E-state index contributed by atoms with van der Waals surface area (Å²) in [6.45, 7) is 1.99. The number of anilines is 1. The Morgan fingerprint density at radius 2 is 1.71 bits per heavy atom. The standard InChI is InChI=1S/C27H24ClN5O/c1-17(14-15-18-8-3-2-4-9-18)30-27(34)23-24-26(32-22-13-6-5-12-21(22)31-24)33(25(23)29)20-11-7-10-19(28)16-20/h2-13,16-17H,14-15,29H2,1H3,(H,30,34)/t17-/m0/s1. The third kappa shape index (κ3) is 4.20. The molecule has 0 aliphatic carbocycles. The maximum Gasteiger partial charge on any atom is 0.257 e. The highest BCUT2D eigenvalue weighted by Crippen LogP contribution is 2.31. The first-order valence-electron chi connectivity index (χ1n) is 11.2. The van der Waals surface area contributed by atoms with Gasteiger partial charge in [-0.1, -0.05) is 60.1 Å². The van der Waals surface area contributed by atoms with Gasteiger partial charge >= 0.3 is 0 Å². The summed E-state index contributed by atoms with van der Waals surface area (Å²) in [5, 5.41) is 3.66. The van der Waals surface area contributed by atoms with Crippen LogP contribution in [0.3, 0.4) is 0 Å². The molecule has 3 aromatic carbocycles. The van der Waals surface area contributed by atoms with Crippen LogP contribution in [0.15, 0.2) is 78.9 Å². The predicted octanol–water partition coefficient (Wildman–Crippen LogP) is 5.56. The highest BCUT2D eigenvalue weighted by molar-refractivity contribution is 6.30.